The van der Waals surface area contributed by atoms with Gasteiger partial charge in [-0.3, -0.25) is 4.98 Å². The van der Waals surface area contributed by atoms with E-state index in [1.807, 2.05) is 36.4 Å². The van der Waals surface area contributed by atoms with Gasteiger partial charge in [0.15, 0.2) is 0 Å². The minimum absolute atomic E-state index is 0.258. The highest BCUT2D eigenvalue weighted by Crippen LogP contribution is 2.47. The van der Waals surface area contributed by atoms with Crippen LogP contribution in [-0.4, -0.2) is 19.6 Å². The van der Waals surface area contributed by atoms with Gasteiger partial charge in [-0.15, -0.1) is 0 Å². The van der Waals surface area contributed by atoms with Gasteiger partial charge >= 0.3 is 0 Å². The summed E-state index contributed by atoms with van der Waals surface area (Å²) in [6.07, 6.45) is 5.13. The first kappa shape index (κ1) is 16.6. The van der Waals surface area contributed by atoms with Crippen LogP contribution in [0.5, 0.6) is 0 Å². The molecule has 0 saturated carbocycles. The highest BCUT2D eigenvalue weighted by Gasteiger charge is 2.45. The molecule has 4 aromatic rings. The van der Waals surface area contributed by atoms with Gasteiger partial charge in [-0.25, -0.2) is 9.37 Å². The summed E-state index contributed by atoms with van der Waals surface area (Å²) >= 11 is 0. The highest BCUT2D eigenvalue weighted by molar-refractivity contribution is 5.79. The van der Waals surface area contributed by atoms with E-state index in [1.54, 1.807) is 35.4 Å². The van der Waals surface area contributed by atoms with Gasteiger partial charge in [-0.05, 0) is 24.3 Å². The molecule has 0 bridgehead atoms. The molecule has 1 aliphatic heterocycles. The van der Waals surface area contributed by atoms with Crippen LogP contribution in [0.15, 0.2) is 67.3 Å². The van der Waals surface area contributed by atoms with Gasteiger partial charge in [0.1, 0.15) is 11.4 Å². The van der Waals surface area contributed by atoms with Gasteiger partial charge in [0.05, 0.1) is 41.4 Å². The maximum atomic E-state index is 14.7. The van der Waals surface area contributed by atoms with Crippen LogP contribution >= 0.6 is 0 Å². The fourth-order valence-corrected chi connectivity index (χ4v) is 4.05. The molecule has 1 N–H and O–H groups in total. The molecular weight excluding hydrogens is 355 g/mol. The zero-order valence-corrected chi connectivity index (χ0v) is 14.7. The molecule has 0 fully saturated rings. The molecule has 0 spiro atoms. The molecule has 2 aromatic carbocycles. The number of hydrogen-bond donors (Lipinski definition) is 1. The van der Waals surface area contributed by atoms with E-state index in [4.69, 9.17) is 5.26 Å². The van der Waals surface area contributed by atoms with Gasteiger partial charge in [-0.2, -0.15) is 5.26 Å². The number of hydrogen-bond acceptors (Lipinski definition) is 4. The summed E-state index contributed by atoms with van der Waals surface area (Å²) in [6.45, 7) is 0. The minimum atomic E-state index is -1.33. The second-order valence-electron chi connectivity index (χ2n) is 7.03. The summed E-state index contributed by atoms with van der Waals surface area (Å²) in [6, 6.07) is 15.5. The summed E-state index contributed by atoms with van der Waals surface area (Å²) in [5.41, 5.74) is 1.43. The van der Waals surface area contributed by atoms with E-state index in [2.05, 4.69) is 9.97 Å². The Morgan fingerprint density at radius 1 is 1.18 bits per heavy atom. The zero-order chi connectivity index (χ0) is 19.3. The van der Waals surface area contributed by atoms with E-state index in [0.717, 1.165) is 10.9 Å². The monoisotopic (exact) mass is 370 g/mol. The lowest BCUT2D eigenvalue weighted by atomic mass is 9.87. The molecular formula is C22H15FN4O. The molecule has 2 aromatic heterocycles. The minimum Gasteiger partial charge on any atom is -0.379 e. The molecule has 0 aliphatic carbocycles. The average Bonchev–Trinajstić information content (AvgIpc) is 3.31. The number of imidazole rings is 1. The number of rotatable bonds is 2. The number of pyridine rings is 1. The molecule has 3 heterocycles. The third-order valence-corrected chi connectivity index (χ3v) is 5.47. The van der Waals surface area contributed by atoms with Gasteiger partial charge in [0.2, 0.25) is 0 Å². The molecule has 0 amide bonds. The van der Waals surface area contributed by atoms with Gasteiger partial charge < -0.3 is 9.67 Å². The molecule has 2 unspecified atom stereocenters. The number of nitrogens with zero attached hydrogens (tertiary/aromatic N) is 4. The summed E-state index contributed by atoms with van der Waals surface area (Å²) in [5, 5.41) is 21.5. The van der Waals surface area contributed by atoms with Crippen LogP contribution < -0.4 is 0 Å². The molecule has 0 radical (unpaired) electrons. The van der Waals surface area contributed by atoms with E-state index in [1.165, 1.54) is 6.07 Å². The van der Waals surface area contributed by atoms with Crippen LogP contribution in [-0.2, 0) is 5.60 Å². The zero-order valence-electron chi connectivity index (χ0n) is 14.7. The molecule has 0 saturated heterocycles. The van der Waals surface area contributed by atoms with Gasteiger partial charge in [0.25, 0.3) is 0 Å². The Hall–Kier alpha value is -3.56. The Kier molecular flexibility index (Phi) is 3.54. The van der Waals surface area contributed by atoms with E-state index in [-0.39, 0.29) is 12.0 Å². The third-order valence-electron chi connectivity index (χ3n) is 5.47. The topological polar surface area (TPSA) is 74.7 Å². The number of halogens is 1. The van der Waals surface area contributed by atoms with Crippen molar-refractivity contribution in [3.8, 4) is 6.07 Å². The quantitative estimate of drug-likeness (QED) is 0.584. The second kappa shape index (κ2) is 5.98. The number of benzene rings is 2. The predicted molar refractivity (Wildman–Crippen MR) is 101 cm³/mol. The van der Waals surface area contributed by atoms with Crippen molar-refractivity contribution in [1.29, 1.82) is 5.26 Å². The summed E-state index contributed by atoms with van der Waals surface area (Å²) in [5.74, 6) is -0.468. The van der Waals surface area contributed by atoms with Crippen LogP contribution in [0, 0.1) is 17.1 Å². The number of nitriles is 1. The fourth-order valence-electron chi connectivity index (χ4n) is 4.05. The van der Waals surface area contributed by atoms with Crippen LogP contribution in [0.4, 0.5) is 4.39 Å². The summed E-state index contributed by atoms with van der Waals surface area (Å²) in [7, 11) is 0. The first-order valence-corrected chi connectivity index (χ1v) is 8.89. The number of aromatic nitrogens is 3. The molecule has 136 valence electrons. The fraction of sp³-hybridized carbons (Fsp3) is 0.136. The standard InChI is InChI=1S/C22H15FN4O/c23-18-7-14(10-24)5-6-17(18)20-9-22(28,21-12-25-13-27(20)21)16-8-15-3-1-2-4-19(15)26-11-16/h1-8,11-13,20,28H,9H2. The SMILES string of the molecule is N#Cc1ccc(C2CC(O)(c3cnc4ccccc4c3)c3cncn32)c(F)c1. The first-order chi connectivity index (χ1) is 13.6. The maximum Gasteiger partial charge on any atom is 0.135 e. The van der Waals surface area contributed by atoms with Crippen LogP contribution in [0.2, 0.25) is 0 Å². The lowest BCUT2D eigenvalue weighted by Gasteiger charge is -2.23. The Bertz CT molecular complexity index is 1260. The second-order valence-corrected chi connectivity index (χ2v) is 7.03. The van der Waals surface area contributed by atoms with Crippen molar-refractivity contribution in [3.05, 3.63) is 95.5 Å². The van der Waals surface area contributed by atoms with Crippen molar-refractivity contribution in [2.24, 2.45) is 0 Å². The smallest absolute Gasteiger partial charge is 0.135 e. The van der Waals surface area contributed by atoms with Crippen molar-refractivity contribution in [1.82, 2.24) is 14.5 Å². The van der Waals surface area contributed by atoms with Crippen LogP contribution in [0.25, 0.3) is 10.9 Å². The molecule has 5 rings (SSSR count). The number of para-hydroxylation sites is 1. The molecule has 28 heavy (non-hydrogen) atoms. The van der Waals surface area contributed by atoms with Crippen molar-refractivity contribution in [2.45, 2.75) is 18.1 Å². The number of fused-ring (bicyclic) bond motifs is 2. The van der Waals surface area contributed by atoms with Crippen molar-refractivity contribution in [2.75, 3.05) is 0 Å². The Balaban J connectivity index is 1.63. The summed E-state index contributed by atoms with van der Waals surface area (Å²) in [4.78, 5) is 8.64. The molecule has 5 nitrogen and oxygen atoms in total. The summed E-state index contributed by atoms with van der Waals surface area (Å²) < 4.78 is 16.5. The van der Waals surface area contributed by atoms with Crippen LogP contribution in [0.1, 0.15) is 34.8 Å². The molecule has 6 heteroatoms. The van der Waals surface area contributed by atoms with E-state index >= 15 is 0 Å². The largest absolute Gasteiger partial charge is 0.379 e. The number of aliphatic hydroxyl groups is 1. The normalized spacial score (nSPS) is 20.8. The lowest BCUT2D eigenvalue weighted by Crippen LogP contribution is -2.24. The van der Waals surface area contributed by atoms with E-state index in [9.17, 15) is 9.50 Å². The van der Waals surface area contributed by atoms with Crippen molar-refractivity contribution in [3.63, 3.8) is 0 Å². The molecule has 1 aliphatic rings. The van der Waals surface area contributed by atoms with E-state index in [0.29, 0.717) is 16.8 Å². The van der Waals surface area contributed by atoms with Gasteiger partial charge in [-0.1, -0.05) is 24.3 Å². The van der Waals surface area contributed by atoms with Crippen molar-refractivity contribution >= 4 is 10.9 Å². The molecule has 2 atom stereocenters. The lowest BCUT2D eigenvalue weighted by molar-refractivity contribution is 0.0790. The Morgan fingerprint density at radius 3 is 2.86 bits per heavy atom. The van der Waals surface area contributed by atoms with Gasteiger partial charge in [0, 0.05) is 29.1 Å². The first-order valence-electron chi connectivity index (χ1n) is 8.89. The highest BCUT2D eigenvalue weighted by atomic mass is 19.1. The van der Waals surface area contributed by atoms with Crippen molar-refractivity contribution < 1.29 is 9.50 Å². The Labute approximate surface area is 160 Å². The third kappa shape index (κ3) is 2.34. The maximum absolute atomic E-state index is 14.7. The Morgan fingerprint density at radius 2 is 2.04 bits per heavy atom. The van der Waals surface area contributed by atoms with E-state index < -0.39 is 17.5 Å². The predicted octanol–water partition coefficient (Wildman–Crippen LogP) is 3.67. The average molecular weight is 370 g/mol. The van der Waals surface area contributed by atoms with Crippen LogP contribution in [0.3, 0.4) is 0 Å².